The average Bonchev–Trinajstić information content (AvgIpc) is 3.16. The molecule has 0 unspecified atom stereocenters. The molecule has 5 nitrogen and oxygen atoms in total. The van der Waals surface area contributed by atoms with Gasteiger partial charge in [0.15, 0.2) is 0 Å². The van der Waals surface area contributed by atoms with Crippen LogP contribution in [-0.2, 0) is 25.9 Å². The molecule has 0 spiro atoms. The monoisotopic (exact) mass is 436 g/mol. The van der Waals surface area contributed by atoms with E-state index in [1.807, 2.05) is 66.7 Å². The fourth-order valence-corrected chi connectivity index (χ4v) is 3.99. The van der Waals surface area contributed by atoms with Crippen molar-refractivity contribution in [2.45, 2.75) is 45.7 Å². The van der Waals surface area contributed by atoms with Crippen molar-refractivity contribution < 1.29 is 0 Å². The van der Waals surface area contributed by atoms with Crippen LogP contribution in [0.15, 0.2) is 83.7 Å². The van der Waals surface area contributed by atoms with Crippen molar-refractivity contribution in [1.82, 2.24) is 14.3 Å². The second kappa shape index (κ2) is 10.6. The Morgan fingerprint density at radius 1 is 0.879 bits per heavy atom. The van der Waals surface area contributed by atoms with Gasteiger partial charge in [-0.25, -0.2) is 9.48 Å². The van der Waals surface area contributed by atoms with Gasteiger partial charge in [-0.3, -0.25) is 4.57 Å². The molecule has 0 radical (unpaired) electrons. The molecule has 0 aliphatic rings. The van der Waals surface area contributed by atoms with E-state index in [1.165, 1.54) is 5.56 Å². The van der Waals surface area contributed by atoms with Gasteiger partial charge in [0.25, 0.3) is 0 Å². The molecule has 0 aliphatic heterocycles. The van der Waals surface area contributed by atoms with Crippen LogP contribution in [0.4, 0.5) is 0 Å². The van der Waals surface area contributed by atoms with Crippen LogP contribution in [-0.4, -0.2) is 14.3 Å². The highest BCUT2D eigenvalue weighted by Gasteiger charge is 2.14. The van der Waals surface area contributed by atoms with E-state index in [-0.39, 0.29) is 5.69 Å². The molecule has 0 saturated carbocycles. The minimum Gasteiger partial charge on any atom is -0.274 e. The third-order valence-corrected chi connectivity index (χ3v) is 5.86. The lowest BCUT2D eigenvalue weighted by molar-refractivity contribution is 0.578. The highest BCUT2D eigenvalue weighted by Crippen LogP contribution is 2.23. The average molecular weight is 437 g/mol. The zero-order valence-electron chi connectivity index (χ0n) is 18.9. The smallest absolute Gasteiger partial charge is 0.274 e. The molecule has 1 aromatic heterocycles. The van der Waals surface area contributed by atoms with Crippen molar-refractivity contribution in [2.24, 2.45) is 0 Å². The van der Waals surface area contributed by atoms with Crippen molar-refractivity contribution in [2.75, 3.05) is 0 Å². The molecule has 0 aliphatic carbocycles. The van der Waals surface area contributed by atoms with Crippen LogP contribution < -0.4 is 5.69 Å². The first kappa shape index (κ1) is 22.3. The van der Waals surface area contributed by atoms with E-state index < -0.39 is 0 Å². The number of hydrogen-bond donors (Lipinski definition) is 0. The molecule has 5 heteroatoms. The first-order chi connectivity index (χ1) is 16.2. The Hall–Kier alpha value is -3.91. The van der Waals surface area contributed by atoms with E-state index >= 15 is 0 Å². The number of nitrogens with zero attached hydrogens (tertiary/aromatic N) is 4. The van der Waals surface area contributed by atoms with Crippen molar-refractivity contribution in [3.8, 4) is 17.2 Å². The summed E-state index contributed by atoms with van der Waals surface area (Å²) in [6, 6.07) is 28.1. The number of hydrogen-bond acceptors (Lipinski definition) is 3. The standard InChI is InChI=1S/C28H28N4O/c1-2-3-13-27-30-32(19-18-22-9-5-4-6-10-22)28(33)31(27)21-23-14-16-24(17-15-23)26-12-8-7-11-25(26)20-29/h4-12,14-17H,2-3,13,18-19,21H2,1H3. The van der Waals surface area contributed by atoms with Gasteiger partial charge in [-0.15, -0.1) is 0 Å². The molecule has 0 amide bonds. The molecule has 3 aromatic carbocycles. The van der Waals surface area contributed by atoms with Gasteiger partial charge in [-0.2, -0.15) is 10.4 Å². The summed E-state index contributed by atoms with van der Waals surface area (Å²) in [5.41, 5.74) is 4.74. The molecule has 0 bridgehead atoms. The van der Waals surface area contributed by atoms with Gasteiger partial charge in [0.05, 0.1) is 24.7 Å². The van der Waals surface area contributed by atoms with Crippen LogP contribution in [0.2, 0.25) is 0 Å². The zero-order chi connectivity index (χ0) is 23.0. The maximum atomic E-state index is 13.2. The molecule has 33 heavy (non-hydrogen) atoms. The normalized spacial score (nSPS) is 10.8. The number of aromatic nitrogens is 3. The summed E-state index contributed by atoms with van der Waals surface area (Å²) in [6.45, 7) is 3.20. The van der Waals surface area contributed by atoms with Crippen molar-refractivity contribution >= 4 is 0 Å². The highest BCUT2D eigenvalue weighted by molar-refractivity contribution is 5.70. The number of nitriles is 1. The van der Waals surface area contributed by atoms with Crippen LogP contribution >= 0.6 is 0 Å². The fourth-order valence-electron chi connectivity index (χ4n) is 3.99. The molecule has 0 fully saturated rings. The van der Waals surface area contributed by atoms with Crippen LogP contribution in [0.1, 0.15) is 42.3 Å². The van der Waals surface area contributed by atoms with Crippen molar-refractivity contribution in [3.05, 3.63) is 112 Å². The molecular weight excluding hydrogens is 408 g/mol. The van der Waals surface area contributed by atoms with Crippen molar-refractivity contribution in [1.29, 1.82) is 5.26 Å². The minimum atomic E-state index is -0.0593. The first-order valence-corrected chi connectivity index (χ1v) is 11.5. The quantitative estimate of drug-likeness (QED) is 0.361. The van der Waals surface area contributed by atoms with Crippen LogP contribution in [0.3, 0.4) is 0 Å². The van der Waals surface area contributed by atoms with Gasteiger partial charge in [-0.05, 0) is 41.2 Å². The Kier molecular flexibility index (Phi) is 7.16. The number of unbranched alkanes of at least 4 members (excludes halogenated alkanes) is 1. The number of rotatable bonds is 9. The predicted molar refractivity (Wildman–Crippen MR) is 131 cm³/mol. The topological polar surface area (TPSA) is 63.6 Å². The third kappa shape index (κ3) is 5.30. The zero-order valence-corrected chi connectivity index (χ0v) is 18.9. The summed E-state index contributed by atoms with van der Waals surface area (Å²) in [5, 5.41) is 14.1. The maximum absolute atomic E-state index is 13.2. The second-order valence-electron chi connectivity index (χ2n) is 8.20. The minimum absolute atomic E-state index is 0.0593. The van der Waals surface area contributed by atoms with Crippen molar-refractivity contribution in [3.63, 3.8) is 0 Å². The Bertz CT molecular complexity index is 1290. The lowest BCUT2D eigenvalue weighted by Crippen LogP contribution is -2.26. The van der Waals surface area contributed by atoms with E-state index in [4.69, 9.17) is 0 Å². The largest absolute Gasteiger partial charge is 0.346 e. The van der Waals surface area contributed by atoms with E-state index in [0.717, 1.165) is 48.2 Å². The highest BCUT2D eigenvalue weighted by atomic mass is 16.2. The van der Waals surface area contributed by atoms with Gasteiger partial charge in [0, 0.05) is 6.42 Å². The Morgan fingerprint density at radius 3 is 2.33 bits per heavy atom. The van der Waals surface area contributed by atoms with Crippen LogP contribution in [0.25, 0.3) is 11.1 Å². The molecule has 0 N–H and O–H groups in total. The first-order valence-electron chi connectivity index (χ1n) is 11.5. The Labute approximate surface area is 194 Å². The fraction of sp³-hybridized carbons (Fsp3) is 0.250. The van der Waals surface area contributed by atoms with E-state index in [0.29, 0.717) is 18.7 Å². The predicted octanol–water partition coefficient (Wildman–Crippen LogP) is 5.22. The Balaban J connectivity index is 1.56. The molecule has 4 rings (SSSR count). The van der Waals surface area contributed by atoms with Gasteiger partial charge >= 0.3 is 5.69 Å². The summed E-state index contributed by atoms with van der Waals surface area (Å²) in [4.78, 5) is 13.2. The summed E-state index contributed by atoms with van der Waals surface area (Å²) in [7, 11) is 0. The van der Waals surface area contributed by atoms with Crippen LogP contribution in [0, 0.1) is 11.3 Å². The summed E-state index contributed by atoms with van der Waals surface area (Å²) < 4.78 is 3.41. The number of benzene rings is 3. The third-order valence-electron chi connectivity index (χ3n) is 5.86. The molecule has 0 saturated heterocycles. The summed E-state index contributed by atoms with van der Waals surface area (Å²) in [6.07, 6.45) is 3.62. The van der Waals surface area contributed by atoms with Gasteiger partial charge in [0.1, 0.15) is 5.82 Å². The molecule has 4 aromatic rings. The second-order valence-corrected chi connectivity index (χ2v) is 8.20. The lowest BCUT2D eigenvalue weighted by Gasteiger charge is -2.08. The van der Waals surface area contributed by atoms with Gasteiger partial charge in [-0.1, -0.05) is 86.1 Å². The molecule has 0 atom stereocenters. The lowest BCUT2D eigenvalue weighted by atomic mass is 9.99. The summed E-state index contributed by atoms with van der Waals surface area (Å²) in [5.74, 6) is 0.841. The van der Waals surface area contributed by atoms with E-state index in [2.05, 4.69) is 30.2 Å². The molecule has 166 valence electrons. The SMILES string of the molecule is CCCCc1nn(CCc2ccccc2)c(=O)n1Cc1ccc(-c2ccccc2C#N)cc1. The van der Waals surface area contributed by atoms with Gasteiger partial charge in [0.2, 0.25) is 0 Å². The number of aryl methyl sites for hydroxylation is 3. The van der Waals surface area contributed by atoms with E-state index in [1.54, 1.807) is 9.25 Å². The maximum Gasteiger partial charge on any atom is 0.346 e. The molecule has 1 heterocycles. The van der Waals surface area contributed by atoms with E-state index in [9.17, 15) is 10.1 Å². The summed E-state index contributed by atoms with van der Waals surface area (Å²) >= 11 is 0. The van der Waals surface area contributed by atoms with Gasteiger partial charge < -0.3 is 0 Å². The molecular formula is C28H28N4O. The Morgan fingerprint density at radius 2 is 1.61 bits per heavy atom. The van der Waals surface area contributed by atoms with Crippen LogP contribution in [0.5, 0.6) is 0 Å².